The number of morpholine rings is 1. The van der Waals surface area contributed by atoms with Gasteiger partial charge in [0, 0.05) is 25.8 Å². The summed E-state index contributed by atoms with van der Waals surface area (Å²) >= 11 is 1.66. The lowest BCUT2D eigenvalue weighted by atomic mass is 10.1. The number of hydrogen-bond donors (Lipinski definition) is 0. The quantitative estimate of drug-likeness (QED) is 0.828. The van der Waals surface area contributed by atoms with Gasteiger partial charge in [-0.3, -0.25) is 9.59 Å². The minimum atomic E-state index is -0.373. The van der Waals surface area contributed by atoms with Gasteiger partial charge in [0.15, 0.2) is 0 Å². The molecule has 124 valence electrons. The molecule has 0 radical (unpaired) electrons. The molecule has 0 spiro atoms. The molecule has 0 aromatic heterocycles. The highest BCUT2D eigenvalue weighted by atomic mass is 32.2. The molecule has 0 aliphatic carbocycles. The molecule has 2 aliphatic rings. The molecule has 0 saturated carbocycles. The zero-order valence-corrected chi connectivity index (χ0v) is 14.3. The van der Waals surface area contributed by atoms with Crippen LogP contribution in [-0.2, 0) is 14.3 Å². The third kappa shape index (κ3) is 3.38. The Balaban J connectivity index is 1.80. The Morgan fingerprint density at radius 2 is 1.83 bits per heavy atom. The van der Waals surface area contributed by atoms with Crippen molar-refractivity contribution in [3.05, 3.63) is 35.4 Å². The first kappa shape index (κ1) is 16.3. The molecule has 2 saturated heterocycles. The van der Waals surface area contributed by atoms with E-state index in [2.05, 4.69) is 0 Å². The van der Waals surface area contributed by atoms with Crippen molar-refractivity contribution in [3.63, 3.8) is 0 Å². The highest BCUT2D eigenvalue weighted by molar-refractivity contribution is 7.99. The summed E-state index contributed by atoms with van der Waals surface area (Å²) in [6.07, 6.45) is 0. The molecule has 0 unspecified atom stereocenters. The minimum Gasteiger partial charge on any atom is -0.378 e. The van der Waals surface area contributed by atoms with Crippen LogP contribution in [0.15, 0.2) is 24.3 Å². The monoisotopic (exact) mass is 334 g/mol. The van der Waals surface area contributed by atoms with Crippen LogP contribution in [0.5, 0.6) is 0 Å². The Morgan fingerprint density at radius 1 is 1.17 bits per heavy atom. The number of ether oxygens (including phenoxy) is 1. The number of hydrogen-bond acceptors (Lipinski definition) is 4. The number of carbonyl (C=O) groups is 2. The summed E-state index contributed by atoms with van der Waals surface area (Å²) in [5.74, 6) is 0.645. The van der Waals surface area contributed by atoms with Gasteiger partial charge < -0.3 is 14.5 Å². The molecular formula is C17H22N2O3S. The van der Waals surface area contributed by atoms with E-state index < -0.39 is 0 Å². The van der Waals surface area contributed by atoms with E-state index in [1.54, 1.807) is 23.6 Å². The SMILES string of the molecule is CC(=O)N1[C@H](C(=O)N2CCOCC2)CS[C@H]1c1ccc(C)cc1. The smallest absolute Gasteiger partial charge is 0.246 e. The van der Waals surface area contributed by atoms with E-state index in [9.17, 15) is 9.59 Å². The molecule has 0 N–H and O–H groups in total. The standard InChI is InChI=1S/C17H22N2O3S/c1-12-3-5-14(6-4-12)17-19(13(2)20)15(11-23-17)16(21)18-7-9-22-10-8-18/h3-6,15,17H,7-11H2,1-2H3/t15-,17-/m0/s1. The molecule has 1 aromatic carbocycles. The van der Waals surface area contributed by atoms with Gasteiger partial charge in [-0.25, -0.2) is 0 Å². The number of amides is 2. The zero-order valence-electron chi connectivity index (χ0n) is 13.5. The molecule has 6 heteroatoms. The lowest BCUT2D eigenvalue weighted by Crippen LogP contribution is -2.52. The molecule has 2 amide bonds. The Hall–Kier alpha value is -1.53. The minimum absolute atomic E-state index is 0.0469. The van der Waals surface area contributed by atoms with Crippen molar-refractivity contribution in [3.8, 4) is 0 Å². The second kappa shape index (κ2) is 6.93. The molecular weight excluding hydrogens is 312 g/mol. The summed E-state index contributed by atoms with van der Waals surface area (Å²) in [5, 5.41) is -0.0805. The van der Waals surface area contributed by atoms with Crippen LogP contribution in [0.3, 0.4) is 0 Å². The highest BCUT2D eigenvalue weighted by Crippen LogP contribution is 2.41. The van der Waals surface area contributed by atoms with E-state index in [1.807, 2.05) is 36.1 Å². The van der Waals surface area contributed by atoms with Crippen LogP contribution in [0, 0.1) is 6.92 Å². The first-order valence-corrected chi connectivity index (χ1v) is 8.96. The van der Waals surface area contributed by atoms with E-state index in [1.165, 1.54) is 5.56 Å². The first-order chi connectivity index (χ1) is 11.1. The van der Waals surface area contributed by atoms with Gasteiger partial charge in [0.1, 0.15) is 11.4 Å². The Kier molecular flexibility index (Phi) is 4.92. The van der Waals surface area contributed by atoms with Crippen molar-refractivity contribution in [2.75, 3.05) is 32.1 Å². The van der Waals surface area contributed by atoms with Crippen LogP contribution in [0.1, 0.15) is 23.4 Å². The summed E-state index contributed by atoms with van der Waals surface area (Å²) in [6, 6.07) is 7.81. The second-order valence-electron chi connectivity index (χ2n) is 5.98. The van der Waals surface area contributed by atoms with Gasteiger partial charge >= 0.3 is 0 Å². The Bertz CT molecular complexity index is 584. The van der Waals surface area contributed by atoms with Gasteiger partial charge in [-0.05, 0) is 12.5 Å². The predicted molar refractivity (Wildman–Crippen MR) is 90.1 cm³/mol. The van der Waals surface area contributed by atoms with Crippen molar-refractivity contribution in [1.29, 1.82) is 0 Å². The third-order valence-electron chi connectivity index (χ3n) is 4.33. The molecule has 3 rings (SSSR count). The topological polar surface area (TPSA) is 49.9 Å². The van der Waals surface area contributed by atoms with Crippen LogP contribution < -0.4 is 0 Å². The van der Waals surface area contributed by atoms with Gasteiger partial charge in [0.2, 0.25) is 11.8 Å². The first-order valence-electron chi connectivity index (χ1n) is 7.91. The van der Waals surface area contributed by atoms with E-state index in [0.29, 0.717) is 32.1 Å². The lowest BCUT2D eigenvalue weighted by Gasteiger charge is -2.33. The maximum Gasteiger partial charge on any atom is 0.246 e. The van der Waals surface area contributed by atoms with Gasteiger partial charge in [-0.2, -0.15) is 0 Å². The van der Waals surface area contributed by atoms with E-state index in [0.717, 1.165) is 5.56 Å². The number of rotatable bonds is 2. The molecule has 2 fully saturated rings. The summed E-state index contributed by atoms with van der Waals surface area (Å²) in [6.45, 7) is 5.97. The summed E-state index contributed by atoms with van der Waals surface area (Å²) in [5.41, 5.74) is 2.26. The average Bonchev–Trinajstić information content (AvgIpc) is 3.01. The number of aryl methyl sites for hydroxylation is 1. The van der Waals surface area contributed by atoms with Crippen LogP contribution in [0.4, 0.5) is 0 Å². The van der Waals surface area contributed by atoms with Crippen molar-refractivity contribution < 1.29 is 14.3 Å². The average molecular weight is 334 g/mol. The van der Waals surface area contributed by atoms with Crippen molar-refractivity contribution in [1.82, 2.24) is 9.80 Å². The number of carbonyl (C=O) groups excluding carboxylic acids is 2. The Morgan fingerprint density at radius 3 is 2.43 bits per heavy atom. The second-order valence-corrected chi connectivity index (χ2v) is 7.09. The normalized spacial score (nSPS) is 24.8. The molecule has 2 aliphatic heterocycles. The summed E-state index contributed by atoms with van der Waals surface area (Å²) < 4.78 is 5.31. The van der Waals surface area contributed by atoms with Gasteiger partial charge in [0.05, 0.1) is 13.2 Å². The molecule has 5 nitrogen and oxygen atoms in total. The number of benzene rings is 1. The Labute approximate surface area is 141 Å². The highest BCUT2D eigenvalue weighted by Gasteiger charge is 2.42. The maximum atomic E-state index is 12.8. The molecule has 23 heavy (non-hydrogen) atoms. The molecule has 1 aromatic rings. The van der Waals surface area contributed by atoms with E-state index >= 15 is 0 Å². The molecule has 0 bridgehead atoms. The van der Waals surface area contributed by atoms with Crippen LogP contribution in [0.25, 0.3) is 0 Å². The van der Waals surface area contributed by atoms with Crippen molar-refractivity contribution in [2.24, 2.45) is 0 Å². The van der Waals surface area contributed by atoms with Gasteiger partial charge in [-0.1, -0.05) is 29.8 Å². The fourth-order valence-corrected chi connectivity index (χ4v) is 4.54. The summed E-state index contributed by atoms with van der Waals surface area (Å²) in [4.78, 5) is 28.6. The van der Waals surface area contributed by atoms with E-state index in [4.69, 9.17) is 4.74 Å². The summed E-state index contributed by atoms with van der Waals surface area (Å²) in [7, 11) is 0. The van der Waals surface area contributed by atoms with E-state index in [-0.39, 0.29) is 23.2 Å². The lowest BCUT2D eigenvalue weighted by molar-refractivity contribution is -0.146. The number of thioether (sulfide) groups is 1. The fourth-order valence-electron chi connectivity index (χ4n) is 3.06. The van der Waals surface area contributed by atoms with Gasteiger partial charge in [0.25, 0.3) is 0 Å². The largest absolute Gasteiger partial charge is 0.378 e. The zero-order chi connectivity index (χ0) is 16.4. The predicted octanol–water partition coefficient (Wildman–Crippen LogP) is 1.82. The fraction of sp³-hybridized carbons (Fsp3) is 0.529. The van der Waals surface area contributed by atoms with Crippen LogP contribution >= 0.6 is 11.8 Å². The number of nitrogens with zero attached hydrogens (tertiary/aromatic N) is 2. The molecule has 2 atom stereocenters. The third-order valence-corrected chi connectivity index (χ3v) is 5.66. The van der Waals surface area contributed by atoms with Gasteiger partial charge in [-0.15, -0.1) is 11.8 Å². The maximum absolute atomic E-state index is 12.8. The van der Waals surface area contributed by atoms with Crippen LogP contribution in [-0.4, -0.2) is 59.7 Å². The van der Waals surface area contributed by atoms with Crippen molar-refractivity contribution in [2.45, 2.75) is 25.3 Å². The van der Waals surface area contributed by atoms with Crippen LogP contribution in [0.2, 0.25) is 0 Å². The molecule has 2 heterocycles. The van der Waals surface area contributed by atoms with Crippen molar-refractivity contribution >= 4 is 23.6 Å².